The Morgan fingerprint density at radius 3 is 2.12 bits per heavy atom. The molecule has 0 saturated heterocycles. The molecule has 1 aromatic carbocycles. The molecule has 178 valence electrons. The van der Waals surface area contributed by atoms with Crippen molar-refractivity contribution >= 4 is 0 Å². The van der Waals surface area contributed by atoms with Gasteiger partial charge >= 0.3 is 0 Å². The number of rotatable bonds is 17. The van der Waals surface area contributed by atoms with E-state index in [1.165, 1.54) is 56.9 Å². The molecule has 0 fully saturated rings. The standard InChI is InChI=1S/C28H43FN2O/c1-4-6-7-8-9-10-11-12-13-24-14-16-25(17-15-24)28-30-21-27(22-31-28)32-19-18-26(29)20-23(3)5-2/h14-17,21-23,26H,4-13,18-20H2,1-3H3. The Bertz CT molecular complexity index is 717. The van der Waals surface area contributed by atoms with E-state index in [-0.39, 0.29) is 0 Å². The molecule has 32 heavy (non-hydrogen) atoms. The van der Waals surface area contributed by atoms with Gasteiger partial charge in [-0.15, -0.1) is 0 Å². The maximum Gasteiger partial charge on any atom is 0.159 e. The molecule has 0 N–H and O–H groups in total. The normalized spacial score (nSPS) is 13.1. The van der Waals surface area contributed by atoms with Crippen LogP contribution in [-0.4, -0.2) is 22.7 Å². The highest BCUT2D eigenvalue weighted by atomic mass is 19.1. The molecule has 0 amide bonds. The lowest BCUT2D eigenvalue weighted by atomic mass is 10.0. The van der Waals surface area contributed by atoms with Gasteiger partial charge in [-0.05, 0) is 30.7 Å². The van der Waals surface area contributed by atoms with Crippen LogP contribution in [0.5, 0.6) is 5.75 Å². The first-order valence-corrected chi connectivity index (χ1v) is 12.8. The van der Waals surface area contributed by atoms with Gasteiger partial charge in [-0.3, -0.25) is 0 Å². The van der Waals surface area contributed by atoms with Gasteiger partial charge in [0.15, 0.2) is 11.6 Å². The molecule has 4 heteroatoms. The first-order chi connectivity index (χ1) is 15.6. The van der Waals surface area contributed by atoms with Crippen LogP contribution < -0.4 is 4.74 Å². The van der Waals surface area contributed by atoms with Crippen molar-refractivity contribution in [3.63, 3.8) is 0 Å². The number of benzene rings is 1. The molecule has 2 unspecified atom stereocenters. The van der Waals surface area contributed by atoms with Crippen LogP contribution in [0.1, 0.15) is 97.0 Å². The molecule has 2 rings (SSSR count). The van der Waals surface area contributed by atoms with Crippen LogP contribution in [0.25, 0.3) is 11.4 Å². The molecular weight excluding hydrogens is 399 g/mol. The van der Waals surface area contributed by atoms with Gasteiger partial charge in [0, 0.05) is 12.0 Å². The molecule has 1 heterocycles. The fourth-order valence-electron chi connectivity index (χ4n) is 3.85. The van der Waals surface area contributed by atoms with E-state index in [0.717, 1.165) is 18.4 Å². The molecule has 0 saturated carbocycles. The lowest BCUT2D eigenvalue weighted by Crippen LogP contribution is -2.11. The van der Waals surface area contributed by atoms with Gasteiger partial charge in [-0.1, -0.05) is 96.4 Å². The third kappa shape index (κ3) is 10.6. The van der Waals surface area contributed by atoms with Gasteiger partial charge in [0.2, 0.25) is 0 Å². The Morgan fingerprint density at radius 2 is 1.50 bits per heavy atom. The summed E-state index contributed by atoms with van der Waals surface area (Å²) in [6.07, 6.45) is 16.5. The van der Waals surface area contributed by atoms with E-state index in [0.29, 0.717) is 36.9 Å². The highest BCUT2D eigenvalue weighted by Gasteiger charge is 2.11. The smallest absolute Gasteiger partial charge is 0.159 e. The van der Waals surface area contributed by atoms with E-state index >= 15 is 0 Å². The van der Waals surface area contributed by atoms with Crippen molar-refractivity contribution in [2.45, 2.75) is 104 Å². The molecule has 0 bridgehead atoms. The minimum absolute atomic E-state index is 0.355. The van der Waals surface area contributed by atoms with Gasteiger partial charge in [-0.25, -0.2) is 14.4 Å². The fourth-order valence-corrected chi connectivity index (χ4v) is 3.85. The van der Waals surface area contributed by atoms with Crippen LogP contribution in [0.4, 0.5) is 4.39 Å². The first-order valence-electron chi connectivity index (χ1n) is 12.8. The Morgan fingerprint density at radius 1 is 0.875 bits per heavy atom. The summed E-state index contributed by atoms with van der Waals surface area (Å²) in [5.41, 5.74) is 2.38. The van der Waals surface area contributed by atoms with Crippen molar-refractivity contribution in [3.8, 4) is 17.1 Å². The maximum atomic E-state index is 13.9. The molecule has 0 aliphatic carbocycles. The highest BCUT2D eigenvalue weighted by Crippen LogP contribution is 2.20. The lowest BCUT2D eigenvalue weighted by molar-refractivity contribution is 0.206. The van der Waals surface area contributed by atoms with E-state index in [1.54, 1.807) is 12.4 Å². The third-order valence-electron chi connectivity index (χ3n) is 6.21. The van der Waals surface area contributed by atoms with E-state index in [9.17, 15) is 4.39 Å². The first kappa shape index (κ1) is 26.3. The van der Waals surface area contributed by atoms with Crippen molar-refractivity contribution in [2.75, 3.05) is 6.61 Å². The van der Waals surface area contributed by atoms with E-state index < -0.39 is 6.17 Å². The minimum atomic E-state index is -0.811. The van der Waals surface area contributed by atoms with Crippen LogP contribution in [0.2, 0.25) is 0 Å². The molecular formula is C28H43FN2O. The predicted octanol–water partition coefficient (Wildman–Crippen LogP) is 8.37. The van der Waals surface area contributed by atoms with Crippen molar-refractivity contribution < 1.29 is 9.13 Å². The quantitative estimate of drug-likeness (QED) is 0.231. The fraction of sp³-hybridized carbons (Fsp3) is 0.643. The van der Waals surface area contributed by atoms with Crippen LogP contribution in [-0.2, 0) is 6.42 Å². The van der Waals surface area contributed by atoms with E-state index in [1.807, 2.05) is 0 Å². The van der Waals surface area contributed by atoms with E-state index in [4.69, 9.17) is 4.74 Å². The number of aromatic nitrogens is 2. The van der Waals surface area contributed by atoms with E-state index in [2.05, 4.69) is 55.0 Å². The number of alkyl halides is 1. The summed E-state index contributed by atoms with van der Waals surface area (Å²) >= 11 is 0. The summed E-state index contributed by atoms with van der Waals surface area (Å²) in [4.78, 5) is 8.85. The average Bonchev–Trinajstić information content (AvgIpc) is 2.81. The minimum Gasteiger partial charge on any atom is -0.490 e. The predicted molar refractivity (Wildman–Crippen MR) is 133 cm³/mol. The summed E-state index contributed by atoms with van der Waals surface area (Å²) in [7, 11) is 0. The Labute approximate surface area is 195 Å². The van der Waals surface area contributed by atoms with Crippen molar-refractivity contribution in [2.24, 2.45) is 5.92 Å². The number of halogens is 1. The van der Waals surface area contributed by atoms with Gasteiger partial charge < -0.3 is 4.74 Å². The monoisotopic (exact) mass is 442 g/mol. The van der Waals surface area contributed by atoms with Crippen LogP contribution in [0.3, 0.4) is 0 Å². The molecule has 0 radical (unpaired) electrons. The molecule has 2 atom stereocenters. The van der Waals surface area contributed by atoms with Crippen molar-refractivity contribution in [3.05, 3.63) is 42.2 Å². The SMILES string of the molecule is CCCCCCCCCCc1ccc(-c2ncc(OCCC(F)CC(C)CC)cn2)cc1. The highest BCUT2D eigenvalue weighted by molar-refractivity contribution is 5.55. The van der Waals surface area contributed by atoms with Crippen molar-refractivity contribution in [1.29, 1.82) is 0 Å². The molecule has 0 spiro atoms. The third-order valence-corrected chi connectivity index (χ3v) is 6.21. The number of aryl methyl sites for hydroxylation is 1. The lowest BCUT2D eigenvalue weighted by Gasteiger charge is -2.13. The number of hydrogen-bond donors (Lipinski definition) is 0. The zero-order valence-corrected chi connectivity index (χ0v) is 20.5. The second-order valence-corrected chi connectivity index (χ2v) is 9.15. The van der Waals surface area contributed by atoms with Gasteiger partial charge in [0.05, 0.1) is 19.0 Å². The number of unbranched alkanes of at least 4 members (excludes halogenated alkanes) is 7. The van der Waals surface area contributed by atoms with Gasteiger partial charge in [0.1, 0.15) is 6.17 Å². The topological polar surface area (TPSA) is 35.0 Å². The average molecular weight is 443 g/mol. The molecule has 0 aliphatic rings. The molecule has 3 nitrogen and oxygen atoms in total. The largest absolute Gasteiger partial charge is 0.490 e. The second-order valence-electron chi connectivity index (χ2n) is 9.15. The zero-order chi connectivity index (χ0) is 23.0. The Hall–Kier alpha value is -1.97. The van der Waals surface area contributed by atoms with Crippen LogP contribution in [0, 0.1) is 5.92 Å². The van der Waals surface area contributed by atoms with Crippen LogP contribution >= 0.6 is 0 Å². The summed E-state index contributed by atoms with van der Waals surface area (Å²) in [6, 6.07) is 8.56. The molecule has 2 aromatic rings. The Balaban J connectivity index is 1.68. The molecule has 1 aromatic heterocycles. The van der Waals surface area contributed by atoms with Crippen LogP contribution in [0.15, 0.2) is 36.7 Å². The Kier molecular flexibility index (Phi) is 13.0. The maximum absolute atomic E-state index is 13.9. The number of hydrogen-bond acceptors (Lipinski definition) is 3. The second kappa shape index (κ2) is 15.8. The summed E-state index contributed by atoms with van der Waals surface area (Å²) in [5.74, 6) is 1.70. The summed E-state index contributed by atoms with van der Waals surface area (Å²) in [5, 5.41) is 0. The number of nitrogens with zero attached hydrogens (tertiary/aromatic N) is 2. The molecule has 0 aliphatic heterocycles. The summed E-state index contributed by atoms with van der Waals surface area (Å²) < 4.78 is 19.6. The van der Waals surface area contributed by atoms with Gasteiger partial charge in [0.25, 0.3) is 0 Å². The van der Waals surface area contributed by atoms with Gasteiger partial charge in [-0.2, -0.15) is 0 Å². The summed E-state index contributed by atoms with van der Waals surface area (Å²) in [6.45, 7) is 6.80. The zero-order valence-electron chi connectivity index (χ0n) is 20.5. The van der Waals surface area contributed by atoms with Crippen molar-refractivity contribution in [1.82, 2.24) is 9.97 Å². The number of ether oxygens (including phenoxy) is 1.